The van der Waals surface area contributed by atoms with Crippen LogP contribution < -0.4 is 9.47 Å². The highest BCUT2D eigenvalue weighted by Crippen LogP contribution is 2.39. The van der Waals surface area contributed by atoms with Gasteiger partial charge in [0.15, 0.2) is 0 Å². The molecule has 2 N–H and O–H groups in total. The van der Waals surface area contributed by atoms with E-state index in [1.807, 2.05) is 6.07 Å². The minimum Gasteiger partial charge on any atom is -0.497 e. The summed E-state index contributed by atoms with van der Waals surface area (Å²) in [6.45, 7) is 3.03. The molecule has 0 saturated carbocycles. The van der Waals surface area contributed by atoms with Gasteiger partial charge in [-0.1, -0.05) is 157 Å². The molecular weight excluding hydrogens is 797 g/mol. The smallest absolute Gasteiger partial charge is 0.119 e. The fraction of sp³-hybridized carbons (Fsp3) is 0.288. The maximum atomic E-state index is 6.29. The quantitative estimate of drug-likeness (QED) is 0.0749. The Labute approximate surface area is 384 Å². The van der Waals surface area contributed by atoms with Crippen LogP contribution in [-0.2, 0) is 0 Å². The molecule has 3 aromatic heterocycles. The van der Waals surface area contributed by atoms with E-state index in [9.17, 15) is 0 Å². The van der Waals surface area contributed by atoms with Gasteiger partial charge in [0.2, 0.25) is 0 Å². The van der Waals surface area contributed by atoms with Gasteiger partial charge >= 0.3 is 0 Å². The van der Waals surface area contributed by atoms with E-state index in [0.717, 1.165) is 114 Å². The average Bonchev–Trinajstić information content (AvgIpc) is 4.19. The van der Waals surface area contributed by atoms with Crippen LogP contribution in [0.3, 0.4) is 0 Å². The Morgan fingerprint density at radius 3 is 1.75 bits per heavy atom. The van der Waals surface area contributed by atoms with Crippen LogP contribution in [0.25, 0.3) is 90.5 Å². The number of unbranched alkanes of at least 4 members (excludes halogenated alkanes) is 13. The molecule has 0 unspecified atom stereocenters. The number of ether oxygens (including phenoxy) is 2. The maximum Gasteiger partial charge on any atom is 0.119 e. The monoisotopic (exact) mass is 858 g/mol. The van der Waals surface area contributed by atoms with Crippen LogP contribution in [0.5, 0.6) is 11.5 Å². The molecule has 5 heterocycles. The van der Waals surface area contributed by atoms with E-state index >= 15 is 0 Å². The summed E-state index contributed by atoms with van der Waals surface area (Å²) in [4.78, 5) is 18.3. The van der Waals surface area contributed by atoms with Crippen molar-refractivity contribution >= 4 is 57.1 Å². The number of fused-ring (bicyclic) bond motifs is 9. The van der Waals surface area contributed by atoms with Crippen molar-refractivity contribution < 1.29 is 9.47 Å². The fourth-order valence-corrected chi connectivity index (χ4v) is 9.44. The molecule has 4 aromatic carbocycles. The highest BCUT2D eigenvalue weighted by Gasteiger charge is 2.18. The molecule has 0 amide bonds. The molecule has 65 heavy (non-hydrogen) atoms. The predicted molar refractivity (Wildman–Crippen MR) is 275 cm³/mol. The number of aromatic amines is 2. The maximum absolute atomic E-state index is 6.29. The number of nitrogens with zero attached hydrogens (tertiary/aromatic N) is 2. The first-order valence-corrected chi connectivity index (χ1v) is 24.1. The molecule has 9 rings (SSSR count). The van der Waals surface area contributed by atoms with Crippen molar-refractivity contribution in [3.05, 3.63) is 144 Å². The van der Waals surface area contributed by atoms with E-state index in [4.69, 9.17) is 19.4 Å². The number of benzene rings is 4. The molecule has 2 aliphatic rings. The molecule has 8 bridgehead atoms. The van der Waals surface area contributed by atoms with Crippen LogP contribution in [0, 0.1) is 0 Å². The zero-order valence-corrected chi connectivity index (χ0v) is 38.2. The lowest BCUT2D eigenvalue weighted by molar-refractivity contribution is 0.304. The second-order valence-electron chi connectivity index (χ2n) is 17.6. The van der Waals surface area contributed by atoms with Gasteiger partial charge in [-0.2, -0.15) is 0 Å². The number of rotatable bonds is 20. The number of aromatic nitrogens is 4. The molecule has 0 radical (unpaired) electrons. The SMILES string of the molecule is CCCCCCCCCCCCCCCCOc1ccc(-c2c3nc(c(-c4cccc5ccc(OC)cc45)c4ccc([nH]4)c(-c4ccccc4)c4nc(cc5ccc2[nH]5)C=C4)C=C3)cc1. The van der Waals surface area contributed by atoms with Crippen molar-refractivity contribution in [3.8, 4) is 44.9 Å². The van der Waals surface area contributed by atoms with Crippen molar-refractivity contribution in [1.82, 2.24) is 19.9 Å². The normalized spacial score (nSPS) is 12.0. The fourth-order valence-electron chi connectivity index (χ4n) is 9.44. The van der Waals surface area contributed by atoms with Gasteiger partial charge in [-0.05, 0) is 113 Å². The van der Waals surface area contributed by atoms with Gasteiger partial charge < -0.3 is 19.4 Å². The number of nitrogens with one attached hydrogen (secondary N) is 2. The Hall–Kier alpha value is -6.66. The summed E-state index contributed by atoms with van der Waals surface area (Å²) < 4.78 is 12.0. The molecule has 0 saturated heterocycles. The van der Waals surface area contributed by atoms with Crippen LogP contribution in [-0.4, -0.2) is 33.7 Å². The molecule has 0 spiro atoms. The summed E-state index contributed by atoms with van der Waals surface area (Å²) in [6, 6.07) is 42.5. The Kier molecular flexibility index (Phi) is 14.3. The van der Waals surface area contributed by atoms with Gasteiger partial charge in [0.05, 0.1) is 36.5 Å². The Morgan fingerprint density at radius 2 is 1.05 bits per heavy atom. The third kappa shape index (κ3) is 10.5. The molecule has 6 heteroatoms. The summed E-state index contributed by atoms with van der Waals surface area (Å²) in [5.74, 6) is 1.70. The van der Waals surface area contributed by atoms with E-state index in [1.54, 1.807) is 7.11 Å². The van der Waals surface area contributed by atoms with Gasteiger partial charge in [0, 0.05) is 38.8 Å². The van der Waals surface area contributed by atoms with Crippen LogP contribution in [0.15, 0.2) is 121 Å². The second-order valence-corrected chi connectivity index (χ2v) is 17.6. The Balaban J connectivity index is 1.03. The number of H-pyrrole nitrogens is 2. The second kappa shape index (κ2) is 21.3. The first-order valence-electron chi connectivity index (χ1n) is 24.1. The predicted octanol–water partition coefficient (Wildman–Crippen LogP) is 16.7. The van der Waals surface area contributed by atoms with Crippen LogP contribution in [0.1, 0.15) is 120 Å². The zero-order chi connectivity index (χ0) is 44.2. The van der Waals surface area contributed by atoms with Crippen molar-refractivity contribution in [2.24, 2.45) is 0 Å². The minimum absolute atomic E-state index is 0.735. The summed E-state index contributed by atoms with van der Waals surface area (Å²) >= 11 is 0. The highest BCUT2D eigenvalue weighted by atomic mass is 16.5. The molecule has 2 aliphatic heterocycles. The van der Waals surface area contributed by atoms with Gasteiger partial charge in [-0.15, -0.1) is 0 Å². The highest BCUT2D eigenvalue weighted by molar-refractivity contribution is 6.05. The van der Waals surface area contributed by atoms with E-state index in [1.165, 1.54) is 83.5 Å². The summed E-state index contributed by atoms with van der Waals surface area (Å²) in [5.41, 5.74) is 13.7. The molecule has 0 aliphatic carbocycles. The first kappa shape index (κ1) is 43.6. The van der Waals surface area contributed by atoms with Gasteiger partial charge in [-0.3, -0.25) is 0 Å². The third-order valence-electron chi connectivity index (χ3n) is 12.9. The van der Waals surface area contributed by atoms with Crippen LogP contribution in [0.2, 0.25) is 0 Å². The van der Waals surface area contributed by atoms with Gasteiger partial charge in [-0.25, -0.2) is 9.97 Å². The minimum atomic E-state index is 0.735. The molecule has 330 valence electrons. The van der Waals surface area contributed by atoms with Gasteiger partial charge in [0.25, 0.3) is 0 Å². The Bertz CT molecular complexity index is 2940. The summed E-state index contributed by atoms with van der Waals surface area (Å²) in [5, 5.41) is 2.21. The first-order chi connectivity index (χ1) is 32.1. The third-order valence-corrected chi connectivity index (χ3v) is 12.9. The zero-order valence-electron chi connectivity index (χ0n) is 38.2. The van der Waals surface area contributed by atoms with Crippen molar-refractivity contribution in [3.63, 3.8) is 0 Å². The van der Waals surface area contributed by atoms with E-state index < -0.39 is 0 Å². The lowest BCUT2D eigenvalue weighted by atomic mass is 9.96. The molecule has 0 atom stereocenters. The van der Waals surface area contributed by atoms with Crippen LogP contribution >= 0.6 is 0 Å². The average molecular weight is 859 g/mol. The molecule has 7 aromatic rings. The lowest BCUT2D eigenvalue weighted by Gasteiger charge is -2.10. The van der Waals surface area contributed by atoms with E-state index in [0.29, 0.717) is 0 Å². The number of methoxy groups -OCH3 is 1. The molecule has 6 nitrogen and oxygen atoms in total. The topological polar surface area (TPSA) is 75.8 Å². The number of hydrogen-bond acceptors (Lipinski definition) is 4. The van der Waals surface area contributed by atoms with E-state index in [2.05, 4.69) is 156 Å². The van der Waals surface area contributed by atoms with Crippen molar-refractivity contribution in [1.29, 1.82) is 0 Å². The van der Waals surface area contributed by atoms with Crippen molar-refractivity contribution in [2.75, 3.05) is 13.7 Å². The molecular formula is C59H62N4O2. The van der Waals surface area contributed by atoms with E-state index in [-0.39, 0.29) is 0 Å². The van der Waals surface area contributed by atoms with Crippen LogP contribution in [0.4, 0.5) is 0 Å². The summed E-state index contributed by atoms with van der Waals surface area (Å²) in [7, 11) is 1.72. The molecule has 0 fully saturated rings. The number of hydrogen-bond donors (Lipinski definition) is 2. The lowest BCUT2D eigenvalue weighted by Crippen LogP contribution is -1.97. The summed E-state index contributed by atoms with van der Waals surface area (Å²) in [6.07, 6.45) is 27.4. The Morgan fingerprint density at radius 1 is 0.462 bits per heavy atom. The van der Waals surface area contributed by atoms with Crippen molar-refractivity contribution in [2.45, 2.75) is 96.8 Å². The van der Waals surface area contributed by atoms with Gasteiger partial charge in [0.1, 0.15) is 11.5 Å². The largest absolute Gasteiger partial charge is 0.497 e. The standard InChI is InChI=1S/C59H62N4O2/c1-3-4-5-6-7-8-9-10-11-12-13-14-15-19-39-65-47-30-26-44(27-31-47)58-52-34-29-46(61-52)40-45-28-33-51(60-45)57(43-21-17-16-18-22-43)53-35-37-55(62-53)59(56-38-36-54(58)63-56)49-24-20-23-42-25-32-48(64-2)41-50(42)49/h16-18,20-38,40-41,61-62H,3-15,19,39H2,1-2H3.